The number of hydrogen-bond acceptors (Lipinski definition) is 8. The van der Waals surface area contributed by atoms with E-state index >= 15 is 0 Å². The quantitative estimate of drug-likeness (QED) is 0.0706. The molecule has 8 nitrogen and oxygen atoms in total. The summed E-state index contributed by atoms with van der Waals surface area (Å²) in [6.07, 6.45) is 6.81. The van der Waals surface area contributed by atoms with Crippen LogP contribution >= 0.6 is 23.2 Å². The van der Waals surface area contributed by atoms with E-state index in [4.69, 9.17) is 42.1 Å². The minimum Gasteiger partial charge on any atom is -0.490 e. The second-order valence-corrected chi connectivity index (χ2v) is 13.6. The van der Waals surface area contributed by atoms with Gasteiger partial charge < -0.3 is 18.9 Å². The molecule has 2 aromatic heterocycles. The number of carbonyl (C=O) groups excluding carboxylic acids is 2. The average Bonchev–Trinajstić information content (AvgIpc) is 3.23. The zero-order chi connectivity index (χ0) is 39.3. The molecule has 0 spiro atoms. The highest BCUT2D eigenvalue weighted by atomic mass is 35.5. The maximum atomic E-state index is 13.7. The molecule has 4 aromatic carbocycles. The molecule has 0 unspecified atom stereocenters. The molecule has 6 rings (SSSR count). The van der Waals surface area contributed by atoms with E-state index in [1.807, 2.05) is 24.3 Å². The van der Waals surface area contributed by atoms with E-state index in [0.717, 1.165) is 33.4 Å². The molecule has 286 valence electrons. The highest BCUT2D eigenvalue weighted by molar-refractivity contribution is 6.31. The van der Waals surface area contributed by atoms with E-state index in [-0.39, 0.29) is 23.3 Å². The molecule has 0 radical (unpaired) electrons. The Bertz CT molecular complexity index is 2050. The highest BCUT2D eigenvalue weighted by Gasteiger charge is 2.27. The van der Waals surface area contributed by atoms with Gasteiger partial charge in [-0.25, -0.2) is 18.4 Å². The Kier molecular flexibility index (Phi) is 14.0. The first-order chi connectivity index (χ1) is 27.2. The first-order valence-electron chi connectivity index (χ1n) is 17.8. The molecule has 2 heterocycles. The second-order valence-electron chi connectivity index (χ2n) is 12.8. The summed E-state index contributed by atoms with van der Waals surface area (Å²) in [7, 11) is 0. The monoisotopic (exact) mass is 796 g/mol. The van der Waals surface area contributed by atoms with Gasteiger partial charge >= 0.3 is 11.9 Å². The molecule has 0 amide bonds. The van der Waals surface area contributed by atoms with Gasteiger partial charge in [0.25, 0.3) is 0 Å². The van der Waals surface area contributed by atoms with Crippen LogP contribution in [0.2, 0.25) is 10.0 Å². The van der Waals surface area contributed by atoms with Crippen LogP contribution in [0.3, 0.4) is 0 Å². The fourth-order valence-electron chi connectivity index (χ4n) is 5.72. The fourth-order valence-corrected chi connectivity index (χ4v) is 6.08. The molecule has 0 N–H and O–H groups in total. The van der Waals surface area contributed by atoms with Gasteiger partial charge in [0.05, 0.1) is 10.0 Å². The summed E-state index contributed by atoms with van der Waals surface area (Å²) in [5.74, 6) is -2.35. The van der Waals surface area contributed by atoms with E-state index in [1.54, 1.807) is 97.6 Å². The van der Waals surface area contributed by atoms with Gasteiger partial charge in [-0.3, -0.25) is 9.97 Å². The summed E-state index contributed by atoms with van der Waals surface area (Å²) in [6.45, 7) is -0.0939. The number of halogens is 4. The number of esters is 2. The summed E-state index contributed by atoms with van der Waals surface area (Å²) in [6, 6.07) is 30.5. The number of ether oxygens (including phenoxy) is 4. The van der Waals surface area contributed by atoms with Gasteiger partial charge in [-0.05, 0) is 120 Å². The summed E-state index contributed by atoms with van der Waals surface area (Å²) >= 11 is 11.9. The normalized spacial score (nSPS) is 12.0. The van der Waals surface area contributed by atoms with Crippen LogP contribution in [0, 0.1) is 11.6 Å². The van der Waals surface area contributed by atoms with E-state index < -0.39 is 35.8 Å². The van der Waals surface area contributed by atoms with E-state index in [1.165, 1.54) is 12.1 Å². The number of aryl methyl sites for hydroxylation is 2. The van der Waals surface area contributed by atoms with Gasteiger partial charge in [-0.2, -0.15) is 0 Å². The summed E-state index contributed by atoms with van der Waals surface area (Å²) in [4.78, 5) is 34.8. The minimum absolute atomic E-state index is 0.0210. The van der Waals surface area contributed by atoms with Crippen LogP contribution in [0.25, 0.3) is 22.3 Å². The lowest BCUT2D eigenvalue weighted by atomic mass is 10.1. The standard InChI is InChI=1S/C44H36Cl2F2N2O6/c45-39-23-33(11-19-41(39)47)31-7-15-35(16-8-31)53-27-37(13-5-29-3-1-21-49-25-29)55-43(51)44(52)56-38(14-6-30-4-2-22-50-26-30)28-54-36-17-9-32(10-18-36)34-12-20-42(48)40(46)24-34/h1-4,7-12,15-26,37-38H,5-6,13-14,27-28H2/t37-,38-/m1/s1. The molecular weight excluding hydrogens is 761 g/mol. The van der Waals surface area contributed by atoms with Crippen molar-refractivity contribution in [2.24, 2.45) is 0 Å². The molecule has 0 saturated carbocycles. The first kappa shape index (κ1) is 39.8. The van der Waals surface area contributed by atoms with Crippen LogP contribution < -0.4 is 9.47 Å². The van der Waals surface area contributed by atoms with Gasteiger partial charge in [0.15, 0.2) is 0 Å². The predicted molar refractivity (Wildman–Crippen MR) is 210 cm³/mol. The largest absolute Gasteiger partial charge is 0.490 e. The minimum atomic E-state index is -1.16. The van der Waals surface area contributed by atoms with Crippen molar-refractivity contribution < 1.29 is 37.3 Å². The number of hydrogen-bond donors (Lipinski definition) is 0. The van der Waals surface area contributed by atoms with Crippen molar-refractivity contribution >= 4 is 35.1 Å². The third-order valence-corrected chi connectivity index (χ3v) is 9.34. The van der Waals surface area contributed by atoms with E-state index in [0.29, 0.717) is 37.2 Å². The van der Waals surface area contributed by atoms with Gasteiger partial charge in [-0.15, -0.1) is 0 Å². The van der Waals surface area contributed by atoms with Crippen molar-refractivity contribution in [1.82, 2.24) is 9.97 Å². The molecule has 0 saturated heterocycles. The number of rotatable bonds is 16. The summed E-state index contributed by atoms with van der Waals surface area (Å²) in [5.41, 5.74) is 4.91. The topological polar surface area (TPSA) is 96.8 Å². The van der Waals surface area contributed by atoms with Gasteiger partial charge in [-0.1, -0.05) is 71.7 Å². The van der Waals surface area contributed by atoms with Gasteiger partial charge in [0, 0.05) is 24.8 Å². The summed E-state index contributed by atoms with van der Waals surface area (Å²) in [5, 5.41) is 0.0419. The maximum absolute atomic E-state index is 13.7. The third-order valence-electron chi connectivity index (χ3n) is 8.76. The van der Waals surface area contributed by atoms with Crippen LogP contribution in [0.1, 0.15) is 24.0 Å². The molecule has 0 aliphatic heterocycles. The highest BCUT2D eigenvalue weighted by Crippen LogP contribution is 2.28. The van der Waals surface area contributed by atoms with Crippen molar-refractivity contribution in [2.75, 3.05) is 13.2 Å². The summed E-state index contributed by atoms with van der Waals surface area (Å²) < 4.78 is 50.7. The number of carbonyl (C=O) groups is 2. The van der Waals surface area contributed by atoms with Crippen LogP contribution in [-0.2, 0) is 31.9 Å². The molecule has 0 aliphatic rings. The Labute approximate surface area is 333 Å². The molecule has 56 heavy (non-hydrogen) atoms. The zero-order valence-electron chi connectivity index (χ0n) is 30.0. The molecule has 0 fully saturated rings. The van der Waals surface area contributed by atoms with Crippen molar-refractivity contribution in [3.8, 4) is 33.8 Å². The van der Waals surface area contributed by atoms with E-state index in [9.17, 15) is 18.4 Å². The van der Waals surface area contributed by atoms with Crippen LogP contribution in [0.5, 0.6) is 11.5 Å². The molecule has 0 aliphatic carbocycles. The smallest absolute Gasteiger partial charge is 0.417 e. The lowest BCUT2D eigenvalue weighted by Gasteiger charge is -2.21. The second kappa shape index (κ2) is 19.7. The van der Waals surface area contributed by atoms with Crippen LogP contribution in [0.4, 0.5) is 8.78 Å². The Hall–Kier alpha value is -5.84. The molecule has 2 atom stereocenters. The Morgan fingerprint density at radius 3 is 1.30 bits per heavy atom. The predicted octanol–water partition coefficient (Wildman–Crippen LogP) is 9.94. The fraction of sp³-hybridized carbons (Fsp3) is 0.182. The molecule has 0 bridgehead atoms. The van der Waals surface area contributed by atoms with Crippen molar-refractivity contribution in [1.29, 1.82) is 0 Å². The van der Waals surface area contributed by atoms with Crippen LogP contribution in [0.15, 0.2) is 134 Å². The van der Waals surface area contributed by atoms with Crippen molar-refractivity contribution in [3.63, 3.8) is 0 Å². The van der Waals surface area contributed by atoms with E-state index in [2.05, 4.69) is 9.97 Å². The van der Waals surface area contributed by atoms with Crippen molar-refractivity contribution in [2.45, 2.75) is 37.9 Å². The number of pyridine rings is 2. The first-order valence-corrected chi connectivity index (χ1v) is 18.5. The average molecular weight is 798 g/mol. The number of benzene rings is 4. The lowest BCUT2D eigenvalue weighted by Crippen LogP contribution is -2.34. The van der Waals surface area contributed by atoms with Gasteiger partial charge in [0.2, 0.25) is 0 Å². The molecular formula is C44H36Cl2F2N2O6. The maximum Gasteiger partial charge on any atom is 0.417 e. The van der Waals surface area contributed by atoms with Crippen molar-refractivity contribution in [3.05, 3.63) is 167 Å². The van der Waals surface area contributed by atoms with Gasteiger partial charge in [0.1, 0.15) is 48.6 Å². The Morgan fingerprint density at radius 1 is 0.554 bits per heavy atom. The molecule has 6 aromatic rings. The molecule has 12 heteroatoms. The zero-order valence-corrected chi connectivity index (χ0v) is 31.5. The lowest BCUT2D eigenvalue weighted by molar-refractivity contribution is -0.176. The number of aromatic nitrogens is 2. The van der Waals surface area contributed by atoms with Crippen LogP contribution in [-0.4, -0.2) is 47.3 Å². The number of nitrogens with zero attached hydrogens (tertiary/aromatic N) is 2. The third kappa shape index (κ3) is 11.6. The Balaban J connectivity index is 1.09. The Morgan fingerprint density at radius 2 is 0.946 bits per heavy atom. The SMILES string of the molecule is O=C(O[C@H](CCc1cccnc1)COc1ccc(-c2ccc(F)c(Cl)c2)cc1)C(=O)O[C@H](CCc1cccnc1)COc1ccc(-c2ccc(F)c(Cl)c2)cc1.